The molecule has 0 saturated carbocycles. The lowest BCUT2D eigenvalue weighted by Crippen LogP contribution is -2.55. The number of alkyl halides is 4. The van der Waals surface area contributed by atoms with E-state index in [0.717, 1.165) is 12.1 Å². The Labute approximate surface area is 258 Å². The molecule has 1 aliphatic rings. The summed E-state index contributed by atoms with van der Waals surface area (Å²) in [5.41, 5.74) is 0.0113. The number of benzene rings is 3. The van der Waals surface area contributed by atoms with Gasteiger partial charge < -0.3 is 10.6 Å². The van der Waals surface area contributed by atoms with Crippen LogP contribution >= 0.6 is 15.9 Å². The number of carbonyl (C=O) groups is 3. The highest BCUT2D eigenvalue weighted by molar-refractivity contribution is 9.10. The number of aromatic nitrogens is 2. The Hall–Kier alpha value is -4.52. The number of likely N-dealkylation sites (N-methyl/N-ethyl adjacent to an activating group) is 1. The number of carbonyl (C=O) groups excluding carboxylic acids is 3. The molecule has 13 heteroatoms. The molecule has 2 N–H and O–H groups in total. The molecule has 1 aromatic heterocycles. The standard InChI is InChI=1S/C31H26BrF4N5O3/c1-3-40-29-24(26(38-27(42)17(2)32)39-41(29)22-10-5-4-6-11-22)23(18-12-14-21(33)15-13-18)25(30(40)44)37-28(43)19-8-7-9-20(16-19)31(34,35)36/h4-17,23,25H,3H2,1-2H3,(H,37,43)(H,38,39,42)/t17?,23-,25-/m0/s1. The highest BCUT2D eigenvalue weighted by atomic mass is 79.9. The maximum atomic E-state index is 14.2. The van der Waals surface area contributed by atoms with Gasteiger partial charge in [0.1, 0.15) is 17.7 Å². The summed E-state index contributed by atoms with van der Waals surface area (Å²) in [5, 5.41) is 10.1. The first kappa shape index (κ1) is 30.9. The van der Waals surface area contributed by atoms with E-state index in [1.54, 1.807) is 44.2 Å². The predicted octanol–water partition coefficient (Wildman–Crippen LogP) is 6.05. The third-order valence-electron chi connectivity index (χ3n) is 7.22. The third kappa shape index (κ3) is 5.96. The van der Waals surface area contributed by atoms with Gasteiger partial charge in [0.25, 0.3) is 11.8 Å². The summed E-state index contributed by atoms with van der Waals surface area (Å²) in [6.07, 6.45) is -4.69. The Kier molecular flexibility index (Phi) is 8.60. The summed E-state index contributed by atoms with van der Waals surface area (Å²) in [7, 11) is 0. The first-order valence-electron chi connectivity index (χ1n) is 13.6. The van der Waals surface area contributed by atoms with E-state index >= 15 is 0 Å². The number of para-hydroxylation sites is 1. The fraction of sp³-hybridized carbons (Fsp3) is 0.226. The number of amides is 3. The molecule has 44 heavy (non-hydrogen) atoms. The Morgan fingerprint density at radius 3 is 2.32 bits per heavy atom. The van der Waals surface area contributed by atoms with Crippen LogP contribution in [0.1, 0.15) is 46.8 Å². The average Bonchev–Trinajstić information content (AvgIpc) is 3.36. The zero-order valence-electron chi connectivity index (χ0n) is 23.4. The first-order valence-corrected chi connectivity index (χ1v) is 14.5. The summed E-state index contributed by atoms with van der Waals surface area (Å²) in [6.45, 7) is 3.46. The fourth-order valence-electron chi connectivity index (χ4n) is 5.15. The maximum absolute atomic E-state index is 14.2. The molecule has 3 aromatic carbocycles. The van der Waals surface area contributed by atoms with E-state index < -0.39 is 52.1 Å². The van der Waals surface area contributed by atoms with Crippen LogP contribution in [0.5, 0.6) is 0 Å². The normalized spacial score (nSPS) is 17.2. The van der Waals surface area contributed by atoms with Gasteiger partial charge in [0, 0.05) is 23.6 Å². The first-order chi connectivity index (χ1) is 20.9. The zero-order chi connectivity index (χ0) is 31.8. The second kappa shape index (κ2) is 12.2. The van der Waals surface area contributed by atoms with Crippen molar-refractivity contribution in [2.45, 2.75) is 36.8 Å². The molecule has 0 fully saturated rings. The number of rotatable bonds is 7. The molecule has 0 spiro atoms. The minimum absolute atomic E-state index is 0.0961. The van der Waals surface area contributed by atoms with Crippen molar-refractivity contribution in [3.8, 4) is 5.69 Å². The molecule has 0 radical (unpaired) electrons. The van der Waals surface area contributed by atoms with Gasteiger partial charge in [0.15, 0.2) is 5.82 Å². The van der Waals surface area contributed by atoms with Gasteiger partial charge in [-0.05, 0) is 61.9 Å². The second-order valence-corrected chi connectivity index (χ2v) is 11.5. The van der Waals surface area contributed by atoms with Gasteiger partial charge in [-0.1, -0.05) is 52.3 Å². The van der Waals surface area contributed by atoms with Crippen LogP contribution in [0.4, 0.5) is 29.2 Å². The lowest BCUT2D eigenvalue weighted by molar-refractivity contribution is -0.137. The zero-order valence-corrected chi connectivity index (χ0v) is 25.0. The van der Waals surface area contributed by atoms with Crippen molar-refractivity contribution in [1.29, 1.82) is 0 Å². The largest absolute Gasteiger partial charge is 0.416 e. The Bertz CT molecular complexity index is 1710. The van der Waals surface area contributed by atoms with Gasteiger partial charge in [-0.25, -0.2) is 9.07 Å². The Morgan fingerprint density at radius 2 is 1.70 bits per heavy atom. The summed E-state index contributed by atoms with van der Waals surface area (Å²) < 4.78 is 55.8. The molecule has 0 aliphatic carbocycles. The third-order valence-corrected chi connectivity index (χ3v) is 7.63. The molecule has 8 nitrogen and oxygen atoms in total. The molecule has 2 heterocycles. The number of nitrogens with one attached hydrogen (secondary N) is 2. The Balaban J connectivity index is 1.72. The van der Waals surface area contributed by atoms with Crippen molar-refractivity contribution < 1.29 is 31.9 Å². The summed E-state index contributed by atoms with van der Waals surface area (Å²) in [4.78, 5) is 41.3. The molecule has 0 bridgehead atoms. The molecule has 3 amide bonds. The summed E-state index contributed by atoms with van der Waals surface area (Å²) >= 11 is 3.25. The lowest BCUT2D eigenvalue weighted by Gasteiger charge is -2.38. The molecule has 0 saturated heterocycles. The monoisotopic (exact) mass is 671 g/mol. The molecule has 228 valence electrons. The highest BCUT2D eigenvalue weighted by Crippen LogP contribution is 2.45. The van der Waals surface area contributed by atoms with Crippen LogP contribution in [0.3, 0.4) is 0 Å². The number of halogens is 5. The van der Waals surface area contributed by atoms with E-state index in [-0.39, 0.29) is 17.9 Å². The van der Waals surface area contributed by atoms with E-state index in [0.29, 0.717) is 28.7 Å². The number of anilines is 2. The molecule has 1 unspecified atom stereocenters. The number of fused-ring (bicyclic) bond motifs is 1. The van der Waals surface area contributed by atoms with Crippen LogP contribution in [-0.2, 0) is 15.8 Å². The quantitative estimate of drug-likeness (QED) is 0.185. The van der Waals surface area contributed by atoms with E-state index in [1.165, 1.54) is 39.9 Å². The van der Waals surface area contributed by atoms with Gasteiger partial charge in [-0.15, -0.1) is 5.10 Å². The molecular weight excluding hydrogens is 646 g/mol. The molecule has 1 aliphatic heterocycles. The molecule has 5 rings (SSSR count). The lowest BCUT2D eigenvalue weighted by atomic mass is 9.81. The van der Waals surface area contributed by atoms with Crippen LogP contribution in [0.15, 0.2) is 78.9 Å². The number of hydrogen-bond donors (Lipinski definition) is 2. The van der Waals surface area contributed by atoms with Crippen LogP contribution in [0.25, 0.3) is 5.69 Å². The van der Waals surface area contributed by atoms with Crippen molar-refractivity contribution in [2.75, 3.05) is 16.8 Å². The van der Waals surface area contributed by atoms with Crippen molar-refractivity contribution >= 4 is 45.3 Å². The van der Waals surface area contributed by atoms with Gasteiger partial charge in [0.2, 0.25) is 5.91 Å². The summed E-state index contributed by atoms with van der Waals surface area (Å²) in [6, 6.07) is 16.7. The SMILES string of the molecule is CCN1C(=O)[C@@H](NC(=O)c2cccc(C(F)(F)F)c2)[C@@H](c2ccc(F)cc2)c2c(NC(=O)C(C)Br)nn(-c3ccccc3)c21. The van der Waals surface area contributed by atoms with E-state index in [1.807, 2.05) is 0 Å². The smallest absolute Gasteiger partial charge is 0.339 e. The van der Waals surface area contributed by atoms with Crippen molar-refractivity contribution in [3.05, 3.63) is 107 Å². The van der Waals surface area contributed by atoms with Gasteiger partial charge in [-0.3, -0.25) is 19.3 Å². The van der Waals surface area contributed by atoms with E-state index in [9.17, 15) is 31.9 Å². The van der Waals surface area contributed by atoms with Gasteiger partial charge in [0.05, 0.1) is 16.1 Å². The fourth-order valence-corrected chi connectivity index (χ4v) is 5.26. The predicted molar refractivity (Wildman–Crippen MR) is 160 cm³/mol. The van der Waals surface area contributed by atoms with Gasteiger partial charge >= 0.3 is 6.18 Å². The van der Waals surface area contributed by atoms with Crippen LogP contribution in [0.2, 0.25) is 0 Å². The van der Waals surface area contributed by atoms with Crippen LogP contribution in [0, 0.1) is 5.82 Å². The number of nitrogens with zero attached hydrogens (tertiary/aromatic N) is 3. The average molecular weight is 672 g/mol. The second-order valence-electron chi connectivity index (χ2n) is 10.1. The highest BCUT2D eigenvalue weighted by Gasteiger charge is 2.46. The Morgan fingerprint density at radius 1 is 1.02 bits per heavy atom. The topological polar surface area (TPSA) is 96.3 Å². The summed E-state index contributed by atoms with van der Waals surface area (Å²) in [5.74, 6) is -3.08. The maximum Gasteiger partial charge on any atom is 0.416 e. The number of hydrogen-bond acceptors (Lipinski definition) is 4. The molecular formula is C31H26BrF4N5O3. The van der Waals surface area contributed by atoms with Crippen molar-refractivity contribution in [1.82, 2.24) is 15.1 Å². The van der Waals surface area contributed by atoms with Crippen LogP contribution in [-0.4, -0.2) is 44.9 Å². The van der Waals surface area contributed by atoms with Crippen LogP contribution < -0.4 is 15.5 Å². The van der Waals surface area contributed by atoms with Crippen molar-refractivity contribution in [3.63, 3.8) is 0 Å². The minimum Gasteiger partial charge on any atom is -0.339 e. The van der Waals surface area contributed by atoms with E-state index in [4.69, 9.17) is 0 Å². The van der Waals surface area contributed by atoms with Crippen molar-refractivity contribution in [2.24, 2.45) is 0 Å². The minimum atomic E-state index is -4.69. The molecule has 4 aromatic rings. The van der Waals surface area contributed by atoms with Gasteiger partial charge in [-0.2, -0.15) is 13.2 Å². The van der Waals surface area contributed by atoms with E-state index in [2.05, 4.69) is 31.7 Å². The molecule has 3 atom stereocenters.